The average Bonchev–Trinajstić information content (AvgIpc) is 3.93. The molecule has 0 radical (unpaired) electrons. The molecule has 4 atom stereocenters. The monoisotopic (exact) mass is 759 g/mol. The first-order chi connectivity index (χ1) is 26.5. The Balaban J connectivity index is 1.82. The van der Waals surface area contributed by atoms with Gasteiger partial charge in [-0.1, -0.05) is 192 Å². The van der Waals surface area contributed by atoms with Crippen molar-refractivity contribution in [1.29, 1.82) is 0 Å². The van der Waals surface area contributed by atoms with Crippen LogP contribution in [-0.4, -0.2) is 48.6 Å². The number of esters is 2. The third-order valence-electron chi connectivity index (χ3n) is 10.8. The lowest BCUT2D eigenvalue weighted by molar-refractivity contribution is -0.152. The van der Waals surface area contributed by atoms with Crippen LogP contribution in [0.2, 0.25) is 0 Å². The summed E-state index contributed by atoms with van der Waals surface area (Å²) in [5.74, 6) is 0.281. The second-order valence-corrected chi connectivity index (χ2v) is 16.2. The van der Waals surface area contributed by atoms with Gasteiger partial charge in [0.2, 0.25) is 0 Å². The molecule has 1 rings (SSSR count). The molecule has 1 saturated heterocycles. The van der Waals surface area contributed by atoms with Gasteiger partial charge in [-0.05, 0) is 57.3 Å². The fourth-order valence-corrected chi connectivity index (χ4v) is 6.86. The van der Waals surface area contributed by atoms with E-state index in [1.807, 2.05) is 0 Å². The summed E-state index contributed by atoms with van der Waals surface area (Å²) in [6.07, 6.45) is 49.4. The average molecular weight is 759 g/mol. The predicted octanol–water partition coefficient (Wildman–Crippen LogP) is 13.6. The van der Waals surface area contributed by atoms with E-state index in [0.717, 1.165) is 50.9 Å². The van der Waals surface area contributed by atoms with Crippen molar-refractivity contribution >= 4 is 11.9 Å². The van der Waals surface area contributed by atoms with Gasteiger partial charge in [0.25, 0.3) is 0 Å². The normalized spacial score (nSPS) is 16.8. The lowest BCUT2D eigenvalue weighted by atomic mass is 9.99. The maximum Gasteiger partial charge on any atom is 0.305 e. The van der Waals surface area contributed by atoms with Crippen molar-refractivity contribution < 1.29 is 28.9 Å². The van der Waals surface area contributed by atoms with Crippen LogP contribution in [0, 0.1) is 5.92 Å². The number of rotatable bonds is 40. The minimum atomic E-state index is -0.994. The van der Waals surface area contributed by atoms with Gasteiger partial charge in [0, 0.05) is 12.8 Å². The zero-order chi connectivity index (χ0) is 39.2. The molecule has 1 N–H and O–H groups in total. The van der Waals surface area contributed by atoms with Gasteiger partial charge in [-0.3, -0.25) is 9.59 Å². The van der Waals surface area contributed by atoms with Gasteiger partial charge in [-0.25, -0.2) is 0 Å². The van der Waals surface area contributed by atoms with Crippen LogP contribution in [0.3, 0.4) is 0 Å². The maximum atomic E-state index is 12.1. The summed E-state index contributed by atoms with van der Waals surface area (Å²) in [5.41, 5.74) is 0. The molecule has 1 heterocycles. The highest BCUT2D eigenvalue weighted by Crippen LogP contribution is 2.30. The second kappa shape index (κ2) is 38.0. The first kappa shape index (κ1) is 50.1. The molecule has 6 nitrogen and oxygen atoms in total. The molecule has 0 aliphatic carbocycles. The van der Waals surface area contributed by atoms with Crippen molar-refractivity contribution in [2.45, 2.75) is 238 Å². The number of ether oxygens (including phenoxy) is 3. The second-order valence-electron chi connectivity index (χ2n) is 16.2. The zero-order valence-electron chi connectivity index (χ0n) is 35.6. The van der Waals surface area contributed by atoms with E-state index >= 15 is 0 Å². The molecule has 6 heteroatoms. The van der Waals surface area contributed by atoms with Crippen molar-refractivity contribution in [2.75, 3.05) is 13.2 Å². The van der Waals surface area contributed by atoms with Gasteiger partial charge in [-0.15, -0.1) is 0 Å². The van der Waals surface area contributed by atoms with E-state index in [-0.39, 0.29) is 37.4 Å². The van der Waals surface area contributed by atoms with Crippen molar-refractivity contribution in [3.8, 4) is 0 Å². The molecule has 0 saturated carbocycles. The van der Waals surface area contributed by atoms with Gasteiger partial charge in [0.1, 0.15) is 19.3 Å². The number of aliphatic hydroxyl groups is 1. The van der Waals surface area contributed by atoms with Gasteiger partial charge in [0.15, 0.2) is 0 Å². The van der Waals surface area contributed by atoms with E-state index in [2.05, 4.69) is 57.2 Å². The van der Waals surface area contributed by atoms with Crippen LogP contribution in [0.4, 0.5) is 0 Å². The Hall–Kier alpha value is -1.92. The third kappa shape index (κ3) is 34.6. The van der Waals surface area contributed by atoms with Crippen LogP contribution in [0.1, 0.15) is 220 Å². The van der Waals surface area contributed by atoms with Gasteiger partial charge in [-0.2, -0.15) is 0 Å². The summed E-state index contributed by atoms with van der Waals surface area (Å²) in [6.45, 7) is 6.63. The predicted molar refractivity (Wildman–Crippen MR) is 228 cm³/mol. The minimum Gasteiger partial charge on any atom is -0.463 e. The van der Waals surface area contributed by atoms with Crippen LogP contribution in [0.15, 0.2) is 36.5 Å². The highest BCUT2D eigenvalue weighted by Gasteiger charge is 2.36. The molecule has 0 spiro atoms. The molecule has 314 valence electrons. The molecular formula is C48H86O6. The zero-order valence-corrected chi connectivity index (χ0v) is 35.6. The highest BCUT2D eigenvalue weighted by molar-refractivity contribution is 5.69. The number of carbonyl (C=O) groups is 2. The SMILES string of the molecule is CCCCC/C=C\C/C=C\C/C=C\CC1OC1CCCC(=O)OC[C@@H](O)COC(=O)CCCCCCCCCCCCCCCCCCCCC(C)CC. The first-order valence-electron chi connectivity index (χ1n) is 23.1. The quantitative estimate of drug-likeness (QED) is 0.0290. The van der Waals surface area contributed by atoms with Gasteiger partial charge < -0.3 is 19.3 Å². The summed E-state index contributed by atoms with van der Waals surface area (Å²) >= 11 is 0. The topological polar surface area (TPSA) is 85.4 Å². The van der Waals surface area contributed by atoms with E-state index in [9.17, 15) is 14.7 Å². The fraction of sp³-hybridized carbons (Fsp3) is 0.833. The summed E-state index contributed by atoms with van der Waals surface area (Å²) in [4.78, 5) is 24.1. The smallest absolute Gasteiger partial charge is 0.305 e. The van der Waals surface area contributed by atoms with Crippen LogP contribution < -0.4 is 0 Å². The fourth-order valence-electron chi connectivity index (χ4n) is 6.86. The maximum absolute atomic E-state index is 12.1. The largest absolute Gasteiger partial charge is 0.463 e. The summed E-state index contributed by atoms with van der Waals surface area (Å²) in [7, 11) is 0. The Morgan fingerprint density at radius 2 is 1.04 bits per heavy atom. The number of hydrogen-bond acceptors (Lipinski definition) is 6. The molecule has 1 aliphatic rings. The molecule has 0 bridgehead atoms. The van der Waals surface area contributed by atoms with Crippen molar-refractivity contribution in [3.05, 3.63) is 36.5 Å². The summed E-state index contributed by atoms with van der Waals surface area (Å²) in [5, 5.41) is 10.1. The molecule has 0 aromatic carbocycles. The number of carbonyl (C=O) groups excluding carboxylic acids is 2. The van der Waals surface area contributed by atoms with Crippen LogP contribution in [0.5, 0.6) is 0 Å². The van der Waals surface area contributed by atoms with E-state index < -0.39 is 6.10 Å². The van der Waals surface area contributed by atoms with E-state index in [4.69, 9.17) is 14.2 Å². The van der Waals surface area contributed by atoms with E-state index in [1.54, 1.807) is 0 Å². The molecule has 3 unspecified atom stereocenters. The number of hydrogen-bond donors (Lipinski definition) is 1. The van der Waals surface area contributed by atoms with Crippen LogP contribution in [-0.2, 0) is 23.8 Å². The van der Waals surface area contributed by atoms with Crippen LogP contribution in [0.25, 0.3) is 0 Å². The summed E-state index contributed by atoms with van der Waals surface area (Å²) in [6, 6.07) is 0. The van der Waals surface area contributed by atoms with Crippen molar-refractivity contribution in [1.82, 2.24) is 0 Å². The Labute approximate surface area is 333 Å². The third-order valence-corrected chi connectivity index (χ3v) is 10.8. The Kier molecular flexibility index (Phi) is 35.2. The minimum absolute atomic E-state index is 0.137. The lowest BCUT2D eigenvalue weighted by Gasteiger charge is -2.12. The molecule has 0 aromatic rings. The molecule has 0 aromatic heterocycles. The number of epoxide rings is 1. The number of allylic oxidation sites excluding steroid dienone is 5. The summed E-state index contributed by atoms with van der Waals surface area (Å²) < 4.78 is 16.1. The molecule has 1 aliphatic heterocycles. The highest BCUT2D eigenvalue weighted by atomic mass is 16.6. The Morgan fingerprint density at radius 1 is 0.574 bits per heavy atom. The lowest BCUT2D eigenvalue weighted by Crippen LogP contribution is -2.25. The van der Waals surface area contributed by atoms with Gasteiger partial charge >= 0.3 is 11.9 Å². The van der Waals surface area contributed by atoms with Gasteiger partial charge in [0.05, 0.1) is 12.2 Å². The Morgan fingerprint density at radius 3 is 1.56 bits per heavy atom. The van der Waals surface area contributed by atoms with Crippen molar-refractivity contribution in [2.24, 2.45) is 5.92 Å². The first-order valence-corrected chi connectivity index (χ1v) is 23.1. The number of aliphatic hydroxyl groups excluding tert-OH is 1. The molecule has 0 amide bonds. The van der Waals surface area contributed by atoms with E-state index in [1.165, 1.54) is 135 Å². The van der Waals surface area contributed by atoms with Crippen LogP contribution >= 0.6 is 0 Å². The van der Waals surface area contributed by atoms with Crippen molar-refractivity contribution in [3.63, 3.8) is 0 Å². The molecule has 1 fully saturated rings. The molecular weight excluding hydrogens is 673 g/mol. The standard InChI is InChI=1S/C48H86O6/c1-4-6-7-8-9-10-11-21-24-27-30-33-37-45-46(54-45)38-35-40-48(51)53-42-44(49)41-52-47(50)39-34-31-28-25-22-19-17-15-13-12-14-16-18-20-23-26-29-32-36-43(3)5-2/h9-10,21,24,30,33,43-46,49H,4-8,11-20,22-23,25-29,31-32,34-42H2,1-3H3/b10-9-,24-21-,33-30-/t43?,44-,45?,46?/m0/s1. The van der Waals surface area contributed by atoms with E-state index in [0.29, 0.717) is 19.3 Å². The number of unbranched alkanes of at least 4 members (excludes halogenated alkanes) is 20. The Bertz CT molecular complexity index is 941. The molecule has 54 heavy (non-hydrogen) atoms.